The fourth-order valence-corrected chi connectivity index (χ4v) is 1.12. The highest BCUT2D eigenvalue weighted by atomic mass is 16.4. The van der Waals surface area contributed by atoms with Crippen LogP contribution in [0.4, 0.5) is 0 Å². The molecule has 0 spiro atoms. The van der Waals surface area contributed by atoms with Gasteiger partial charge in [-0.05, 0) is 32.9 Å². The van der Waals surface area contributed by atoms with E-state index in [9.17, 15) is 14.4 Å². The zero-order chi connectivity index (χ0) is 13.9. The highest BCUT2D eigenvalue weighted by Gasteiger charge is 2.25. The van der Waals surface area contributed by atoms with Gasteiger partial charge in [-0.1, -0.05) is 12.1 Å². The van der Waals surface area contributed by atoms with Crippen molar-refractivity contribution in [1.82, 2.24) is 5.32 Å². The number of benzene rings is 1. The van der Waals surface area contributed by atoms with Crippen molar-refractivity contribution in [2.24, 2.45) is 5.41 Å². The number of amides is 2. The first-order valence-corrected chi connectivity index (χ1v) is 5.41. The molecule has 1 heterocycles. The van der Waals surface area contributed by atoms with Crippen LogP contribution >= 0.6 is 0 Å². The second-order valence-electron chi connectivity index (χ2n) is 4.88. The second-order valence-corrected chi connectivity index (χ2v) is 4.88. The molecule has 18 heavy (non-hydrogen) atoms. The number of carboxylic acids is 1. The molecule has 1 aliphatic rings. The molecule has 0 saturated heterocycles. The van der Waals surface area contributed by atoms with Crippen LogP contribution in [0.2, 0.25) is 0 Å². The zero-order valence-corrected chi connectivity index (χ0v) is 10.5. The van der Waals surface area contributed by atoms with Gasteiger partial charge in [0, 0.05) is 0 Å². The van der Waals surface area contributed by atoms with Crippen molar-refractivity contribution in [1.29, 1.82) is 0 Å². The van der Waals surface area contributed by atoms with Crippen LogP contribution in [0.5, 0.6) is 0 Å². The summed E-state index contributed by atoms with van der Waals surface area (Å²) in [5.74, 6) is -1.36. The lowest BCUT2D eigenvalue weighted by Gasteiger charge is -2.08. The summed E-state index contributed by atoms with van der Waals surface area (Å²) in [7, 11) is 0. The number of aliphatic carboxylic acids is 1. The Bertz CT molecular complexity index is 467. The maximum atomic E-state index is 10.9. The molecule has 2 N–H and O–H groups in total. The summed E-state index contributed by atoms with van der Waals surface area (Å²) in [4.78, 5) is 31.9. The third-order valence-electron chi connectivity index (χ3n) is 2.28. The smallest absolute Gasteiger partial charge is 0.308 e. The largest absolute Gasteiger partial charge is 0.481 e. The fourth-order valence-electron chi connectivity index (χ4n) is 1.12. The monoisotopic (exact) mass is 249 g/mol. The molecule has 1 aliphatic heterocycles. The second kappa shape index (κ2) is 5.00. The molecule has 1 aromatic carbocycles. The average molecular weight is 249 g/mol. The number of rotatable bonds is 0. The lowest BCUT2D eigenvalue weighted by Crippen LogP contribution is -2.19. The normalized spacial score (nSPS) is 13.3. The zero-order valence-electron chi connectivity index (χ0n) is 10.5. The number of hydrogen-bond acceptors (Lipinski definition) is 3. The first-order chi connectivity index (χ1) is 8.23. The topological polar surface area (TPSA) is 83.5 Å². The quantitative estimate of drug-likeness (QED) is 0.685. The molecule has 96 valence electrons. The van der Waals surface area contributed by atoms with Gasteiger partial charge in [-0.2, -0.15) is 0 Å². The summed E-state index contributed by atoms with van der Waals surface area (Å²) in [6.45, 7) is 4.99. The maximum absolute atomic E-state index is 10.9. The minimum atomic E-state index is -0.757. The molecule has 0 bridgehead atoms. The third-order valence-corrected chi connectivity index (χ3v) is 2.28. The molecule has 0 fully saturated rings. The maximum Gasteiger partial charge on any atom is 0.308 e. The summed E-state index contributed by atoms with van der Waals surface area (Å²) < 4.78 is 0. The van der Waals surface area contributed by atoms with Gasteiger partial charge in [0.2, 0.25) is 0 Å². The van der Waals surface area contributed by atoms with E-state index in [0.29, 0.717) is 11.1 Å². The van der Waals surface area contributed by atoms with E-state index in [1.165, 1.54) is 0 Å². The lowest BCUT2D eigenvalue weighted by atomic mass is 9.98. The SMILES string of the molecule is CC(C)(C)C(=O)O.O=C1NC(=O)c2ccccc21. The van der Waals surface area contributed by atoms with Gasteiger partial charge in [-0.15, -0.1) is 0 Å². The van der Waals surface area contributed by atoms with Crippen molar-refractivity contribution in [3.05, 3.63) is 35.4 Å². The molecular weight excluding hydrogens is 234 g/mol. The van der Waals surface area contributed by atoms with Crippen LogP contribution < -0.4 is 5.32 Å². The van der Waals surface area contributed by atoms with E-state index in [1.807, 2.05) is 0 Å². The number of carboxylic acid groups (broad SMARTS) is 1. The molecule has 0 saturated carbocycles. The standard InChI is InChI=1S/C8H5NO2.C5H10O2/c10-7-5-3-1-2-4-6(5)8(11)9-7;1-5(2,3)4(6)7/h1-4H,(H,9,10,11);1-3H3,(H,6,7). The van der Waals surface area contributed by atoms with Crippen molar-refractivity contribution >= 4 is 17.8 Å². The first-order valence-electron chi connectivity index (χ1n) is 5.41. The van der Waals surface area contributed by atoms with Crippen LogP contribution in [0, 0.1) is 5.41 Å². The van der Waals surface area contributed by atoms with Gasteiger partial charge in [-0.3, -0.25) is 19.7 Å². The van der Waals surface area contributed by atoms with Crippen LogP contribution in [-0.4, -0.2) is 22.9 Å². The van der Waals surface area contributed by atoms with E-state index in [1.54, 1.807) is 45.0 Å². The Hall–Kier alpha value is -2.17. The van der Waals surface area contributed by atoms with E-state index < -0.39 is 11.4 Å². The molecule has 0 aliphatic carbocycles. The Morgan fingerprint density at radius 2 is 1.39 bits per heavy atom. The Labute approximate surface area is 105 Å². The van der Waals surface area contributed by atoms with Crippen molar-refractivity contribution in [3.8, 4) is 0 Å². The molecule has 2 rings (SSSR count). The van der Waals surface area contributed by atoms with E-state index in [4.69, 9.17) is 5.11 Å². The van der Waals surface area contributed by atoms with E-state index in [-0.39, 0.29) is 11.8 Å². The van der Waals surface area contributed by atoms with Gasteiger partial charge in [0.25, 0.3) is 11.8 Å². The summed E-state index contributed by atoms with van der Waals surface area (Å²) in [5.41, 5.74) is 0.356. The van der Waals surface area contributed by atoms with E-state index in [2.05, 4.69) is 5.32 Å². The lowest BCUT2D eigenvalue weighted by molar-refractivity contribution is -0.145. The van der Waals surface area contributed by atoms with Crippen LogP contribution in [0.15, 0.2) is 24.3 Å². The van der Waals surface area contributed by atoms with Gasteiger partial charge < -0.3 is 5.11 Å². The molecule has 5 heteroatoms. The number of nitrogens with one attached hydrogen (secondary N) is 1. The predicted molar refractivity (Wildman–Crippen MR) is 65.3 cm³/mol. The molecule has 0 radical (unpaired) electrons. The highest BCUT2D eigenvalue weighted by molar-refractivity contribution is 6.21. The van der Waals surface area contributed by atoms with Gasteiger partial charge >= 0.3 is 5.97 Å². The van der Waals surface area contributed by atoms with E-state index >= 15 is 0 Å². The van der Waals surface area contributed by atoms with Gasteiger partial charge in [0.15, 0.2) is 0 Å². The Kier molecular flexibility index (Phi) is 3.86. The van der Waals surface area contributed by atoms with Gasteiger partial charge in [0.05, 0.1) is 16.5 Å². The average Bonchev–Trinajstić information content (AvgIpc) is 2.55. The minimum Gasteiger partial charge on any atom is -0.481 e. The van der Waals surface area contributed by atoms with Crippen molar-refractivity contribution in [2.45, 2.75) is 20.8 Å². The van der Waals surface area contributed by atoms with Crippen LogP contribution in [-0.2, 0) is 4.79 Å². The summed E-state index contributed by atoms with van der Waals surface area (Å²) in [5, 5.41) is 10.5. The summed E-state index contributed by atoms with van der Waals surface area (Å²) >= 11 is 0. The number of carbonyl (C=O) groups is 3. The molecule has 0 atom stereocenters. The number of hydrogen-bond donors (Lipinski definition) is 2. The Morgan fingerprint density at radius 1 is 1.06 bits per heavy atom. The molecule has 2 amide bonds. The van der Waals surface area contributed by atoms with Crippen LogP contribution in [0.25, 0.3) is 0 Å². The summed E-state index contributed by atoms with van der Waals surface area (Å²) in [6, 6.07) is 6.74. The van der Waals surface area contributed by atoms with Gasteiger partial charge in [-0.25, -0.2) is 0 Å². The third kappa shape index (κ3) is 3.16. The molecule has 5 nitrogen and oxygen atoms in total. The molecular formula is C13H15NO4. The predicted octanol–water partition coefficient (Wildman–Crippen LogP) is 1.69. The number of fused-ring (bicyclic) bond motifs is 1. The van der Waals surface area contributed by atoms with Crippen LogP contribution in [0.3, 0.4) is 0 Å². The number of imide groups is 1. The highest BCUT2D eigenvalue weighted by Crippen LogP contribution is 2.13. The van der Waals surface area contributed by atoms with E-state index in [0.717, 1.165) is 0 Å². The Balaban J connectivity index is 0.000000203. The van der Waals surface area contributed by atoms with Gasteiger partial charge in [0.1, 0.15) is 0 Å². The number of carbonyl (C=O) groups excluding carboxylic acids is 2. The molecule has 1 aromatic rings. The van der Waals surface area contributed by atoms with Crippen LogP contribution in [0.1, 0.15) is 41.5 Å². The Morgan fingerprint density at radius 3 is 1.67 bits per heavy atom. The fraction of sp³-hybridized carbons (Fsp3) is 0.308. The van der Waals surface area contributed by atoms with Crippen molar-refractivity contribution in [3.63, 3.8) is 0 Å². The molecule has 0 unspecified atom stereocenters. The summed E-state index contributed by atoms with van der Waals surface area (Å²) in [6.07, 6.45) is 0. The first kappa shape index (κ1) is 13.9. The molecule has 0 aromatic heterocycles. The van der Waals surface area contributed by atoms with Crippen molar-refractivity contribution < 1.29 is 19.5 Å². The minimum absolute atomic E-state index is 0.300. The van der Waals surface area contributed by atoms with Crippen molar-refractivity contribution in [2.75, 3.05) is 0 Å².